The van der Waals surface area contributed by atoms with Crippen LogP contribution in [0, 0.1) is 0 Å². The quantitative estimate of drug-likeness (QED) is 0.479. The molecule has 0 saturated carbocycles. The van der Waals surface area contributed by atoms with E-state index in [0.29, 0.717) is 0 Å². The Morgan fingerprint density at radius 1 is 1.24 bits per heavy atom. The SMILES string of the molecule is BC1=CC(=C(/C(=C)C(=O)Cl)c2ccccc2)/C(=N\C)C=C1. The second-order valence-electron chi connectivity index (χ2n) is 4.74. The molecule has 104 valence electrons. The van der Waals surface area contributed by atoms with Gasteiger partial charge in [-0.3, -0.25) is 9.79 Å². The van der Waals surface area contributed by atoms with Gasteiger partial charge in [0.15, 0.2) is 0 Å². The molecule has 0 fully saturated rings. The number of carbonyl (C=O) groups is 1. The Balaban J connectivity index is 2.75. The average Bonchev–Trinajstić information content (AvgIpc) is 2.48. The molecular formula is C17H15BClNO. The van der Waals surface area contributed by atoms with Crippen molar-refractivity contribution in [3.05, 3.63) is 77.3 Å². The van der Waals surface area contributed by atoms with Gasteiger partial charge in [-0.15, -0.1) is 0 Å². The first-order valence-corrected chi connectivity index (χ1v) is 6.94. The van der Waals surface area contributed by atoms with Crippen LogP contribution in [0.3, 0.4) is 0 Å². The molecule has 1 aromatic carbocycles. The smallest absolute Gasteiger partial charge is 0.252 e. The van der Waals surface area contributed by atoms with Crippen molar-refractivity contribution in [1.82, 2.24) is 0 Å². The predicted molar refractivity (Wildman–Crippen MR) is 92.5 cm³/mol. The van der Waals surface area contributed by atoms with E-state index in [0.717, 1.165) is 27.9 Å². The molecule has 4 heteroatoms. The minimum Gasteiger partial charge on any atom is -0.288 e. The zero-order chi connectivity index (χ0) is 15.4. The van der Waals surface area contributed by atoms with Crippen LogP contribution in [0.4, 0.5) is 0 Å². The van der Waals surface area contributed by atoms with E-state index in [9.17, 15) is 4.79 Å². The molecule has 0 saturated heterocycles. The Hall–Kier alpha value is -2.13. The molecule has 21 heavy (non-hydrogen) atoms. The Morgan fingerprint density at radius 2 is 1.90 bits per heavy atom. The van der Waals surface area contributed by atoms with Crippen molar-refractivity contribution in [1.29, 1.82) is 0 Å². The molecule has 0 amide bonds. The summed E-state index contributed by atoms with van der Waals surface area (Å²) in [5.41, 5.74) is 4.65. The van der Waals surface area contributed by atoms with Gasteiger partial charge in [0.05, 0.1) is 5.71 Å². The third-order valence-electron chi connectivity index (χ3n) is 3.26. The summed E-state index contributed by atoms with van der Waals surface area (Å²) in [6, 6.07) is 9.62. The second-order valence-corrected chi connectivity index (χ2v) is 5.08. The minimum atomic E-state index is -0.558. The maximum atomic E-state index is 11.6. The number of nitrogens with zero attached hydrogens (tertiary/aromatic N) is 1. The van der Waals surface area contributed by atoms with Gasteiger partial charge in [-0.25, -0.2) is 0 Å². The largest absolute Gasteiger partial charge is 0.288 e. The fourth-order valence-corrected chi connectivity index (χ4v) is 2.33. The summed E-state index contributed by atoms with van der Waals surface area (Å²) in [7, 11) is 3.72. The molecule has 0 atom stereocenters. The lowest BCUT2D eigenvalue weighted by Gasteiger charge is -2.17. The third-order valence-corrected chi connectivity index (χ3v) is 3.49. The molecule has 1 aromatic rings. The Kier molecular flexibility index (Phi) is 4.76. The third kappa shape index (κ3) is 3.31. The number of rotatable bonds is 3. The first-order chi connectivity index (χ1) is 10.0. The van der Waals surface area contributed by atoms with Crippen molar-refractivity contribution < 1.29 is 4.79 Å². The number of hydrogen-bond acceptors (Lipinski definition) is 2. The fraction of sp³-hybridized carbons (Fsp3) is 0.0588. The number of carbonyl (C=O) groups excluding carboxylic acids is 1. The van der Waals surface area contributed by atoms with Gasteiger partial charge in [-0.1, -0.05) is 54.5 Å². The lowest BCUT2D eigenvalue weighted by molar-refractivity contribution is -0.108. The van der Waals surface area contributed by atoms with Crippen LogP contribution in [0.5, 0.6) is 0 Å². The van der Waals surface area contributed by atoms with E-state index >= 15 is 0 Å². The Morgan fingerprint density at radius 3 is 2.48 bits per heavy atom. The van der Waals surface area contributed by atoms with Crippen LogP contribution in [0.15, 0.2) is 76.7 Å². The molecule has 0 unspecified atom stereocenters. The number of halogens is 1. The summed E-state index contributed by atoms with van der Waals surface area (Å²) >= 11 is 5.67. The van der Waals surface area contributed by atoms with Crippen LogP contribution in [-0.2, 0) is 4.79 Å². The van der Waals surface area contributed by atoms with Gasteiger partial charge >= 0.3 is 0 Å². The number of aliphatic imine (C=N–C) groups is 1. The number of allylic oxidation sites excluding steroid dienone is 7. The molecule has 2 nitrogen and oxygen atoms in total. The van der Waals surface area contributed by atoms with E-state index < -0.39 is 5.24 Å². The normalized spacial score (nSPS) is 18.4. The molecule has 0 bridgehead atoms. The van der Waals surface area contributed by atoms with E-state index in [2.05, 4.69) is 11.6 Å². The van der Waals surface area contributed by atoms with E-state index in [1.165, 1.54) is 0 Å². The first-order valence-electron chi connectivity index (χ1n) is 6.57. The highest BCUT2D eigenvalue weighted by atomic mass is 35.5. The molecule has 2 rings (SSSR count). The number of hydrogen-bond donors (Lipinski definition) is 0. The maximum Gasteiger partial charge on any atom is 0.252 e. The van der Waals surface area contributed by atoms with E-state index in [1.807, 2.05) is 56.4 Å². The molecule has 0 aromatic heterocycles. The van der Waals surface area contributed by atoms with Crippen molar-refractivity contribution in [3.8, 4) is 0 Å². The van der Waals surface area contributed by atoms with Crippen molar-refractivity contribution >= 4 is 36.0 Å². The van der Waals surface area contributed by atoms with Gasteiger partial charge in [-0.2, -0.15) is 0 Å². The molecule has 0 spiro atoms. The molecular weight excluding hydrogens is 280 g/mol. The van der Waals surface area contributed by atoms with Gasteiger partial charge < -0.3 is 0 Å². The van der Waals surface area contributed by atoms with Gasteiger partial charge in [-0.05, 0) is 23.2 Å². The Labute approximate surface area is 130 Å². The van der Waals surface area contributed by atoms with Gasteiger partial charge in [0.2, 0.25) is 0 Å². The highest BCUT2D eigenvalue weighted by Crippen LogP contribution is 2.30. The van der Waals surface area contributed by atoms with Crippen LogP contribution in [-0.4, -0.2) is 25.8 Å². The zero-order valence-electron chi connectivity index (χ0n) is 12.1. The monoisotopic (exact) mass is 295 g/mol. The van der Waals surface area contributed by atoms with Crippen LogP contribution < -0.4 is 0 Å². The summed E-state index contributed by atoms with van der Waals surface area (Å²) in [6.45, 7) is 3.85. The van der Waals surface area contributed by atoms with Crippen LogP contribution in [0.2, 0.25) is 0 Å². The van der Waals surface area contributed by atoms with Crippen LogP contribution in [0.1, 0.15) is 5.56 Å². The van der Waals surface area contributed by atoms with Crippen molar-refractivity contribution in [2.45, 2.75) is 0 Å². The summed E-state index contributed by atoms with van der Waals surface area (Å²) in [5.74, 6) is 0. The summed E-state index contributed by atoms with van der Waals surface area (Å²) in [4.78, 5) is 15.9. The standard InChI is InChI=1S/C17H15BClNO/c1-11(17(19)21)16(12-6-4-3-5-7-12)14-10-13(18)8-9-15(14)20-2/h3-10H,1,18H2,2H3/b16-14+,20-15-. The van der Waals surface area contributed by atoms with E-state index in [1.54, 1.807) is 7.05 Å². The lowest BCUT2D eigenvalue weighted by Crippen LogP contribution is -2.09. The molecule has 0 aliphatic heterocycles. The van der Waals surface area contributed by atoms with Crippen molar-refractivity contribution in [3.63, 3.8) is 0 Å². The maximum absolute atomic E-state index is 11.6. The van der Waals surface area contributed by atoms with Crippen LogP contribution >= 0.6 is 11.6 Å². The average molecular weight is 296 g/mol. The number of benzene rings is 1. The molecule has 0 heterocycles. The molecule has 0 N–H and O–H groups in total. The predicted octanol–water partition coefficient (Wildman–Crippen LogP) is 2.92. The van der Waals surface area contributed by atoms with Gasteiger partial charge in [0.25, 0.3) is 5.24 Å². The summed E-state index contributed by atoms with van der Waals surface area (Å²) in [6.07, 6.45) is 5.91. The zero-order valence-corrected chi connectivity index (χ0v) is 12.8. The summed E-state index contributed by atoms with van der Waals surface area (Å²) in [5, 5.41) is -0.558. The van der Waals surface area contributed by atoms with Crippen molar-refractivity contribution in [2.75, 3.05) is 7.05 Å². The molecule has 0 radical (unpaired) electrons. The first kappa shape index (κ1) is 15.3. The lowest BCUT2D eigenvalue weighted by atomic mass is 9.83. The topological polar surface area (TPSA) is 29.4 Å². The highest BCUT2D eigenvalue weighted by molar-refractivity contribution is 6.69. The highest BCUT2D eigenvalue weighted by Gasteiger charge is 2.19. The fourth-order valence-electron chi connectivity index (χ4n) is 2.24. The van der Waals surface area contributed by atoms with E-state index in [-0.39, 0.29) is 5.57 Å². The summed E-state index contributed by atoms with van der Waals surface area (Å²) < 4.78 is 0. The van der Waals surface area contributed by atoms with Crippen LogP contribution in [0.25, 0.3) is 5.57 Å². The van der Waals surface area contributed by atoms with E-state index in [4.69, 9.17) is 11.6 Å². The molecule has 1 aliphatic rings. The minimum absolute atomic E-state index is 0.276. The Bertz CT molecular complexity index is 712. The second kappa shape index (κ2) is 6.55. The van der Waals surface area contributed by atoms with Crippen molar-refractivity contribution in [2.24, 2.45) is 4.99 Å². The van der Waals surface area contributed by atoms with Gasteiger partial charge in [0.1, 0.15) is 7.85 Å². The van der Waals surface area contributed by atoms with Gasteiger partial charge in [0, 0.05) is 23.8 Å². The molecule has 1 aliphatic carbocycles.